The van der Waals surface area contributed by atoms with Crippen LogP contribution in [0.3, 0.4) is 0 Å². The van der Waals surface area contributed by atoms with Gasteiger partial charge in [0.25, 0.3) is 0 Å². The molecule has 0 aliphatic rings. The molecular weight excluding hydrogens is 705 g/mol. The van der Waals surface area contributed by atoms with E-state index in [0.29, 0.717) is 0 Å². The smallest absolute Gasteiger partial charge is 0.179 e. The van der Waals surface area contributed by atoms with Crippen LogP contribution in [0.1, 0.15) is 0 Å². The molecule has 57 heavy (non-hydrogen) atoms. The van der Waals surface area contributed by atoms with E-state index in [9.17, 15) is 0 Å². The monoisotopic (exact) mass is 742 g/mol. The molecular formula is C54H38N2Si. The van der Waals surface area contributed by atoms with Gasteiger partial charge in [0.2, 0.25) is 0 Å². The van der Waals surface area contributed by atoms with Crippen LogP contribution in [-0.4, -0.2) is 17.2 Å². The Morgan fingerprint density at radius 3 is 1.30 bits per heavy atom. The van der Waals surface area contributed by atoms with Crippen LogP contribution in [0.4, 0.5) is 0 Å². The number of benzene rings is 9. The Morgan fingerprint density at radius 1 is 0.246 bits per heavy atom. The SMILES string of the molecule is c1ccc(-c2ccc3c4ccc([Si](c5ccccc5)(c5ccccc5)c5ccccc5)cc4n(-c4ccc5c6ccccc6n(-c6ccccc6)c5c4)c3c2)cc1. The number of fused-ring (bicyclic) bond motifs is 6. The average Bonchev–Trinajstić information content (AvgIpc) is 3.80. The summed E-state index contributed by atoms with van der Waals surface area (Å²) < 4.78 is 4.94. The summed E-state index contributed by atoms with van der Waals surface area (Å²) in [5.41, 5.74) is 9.49. The minimum Gasteiger partial charge on any atom is -0.309 e. The van der Waals surface area contributed by atoms with Gasteiger partial charge in [-0.1, -0.05) is 188 Å². The van der Waals surface area contributed by atoms with Gasteiger partial charge in [-0.15, -0.1) is 0 Å². The molecule has 0 N–H and O–H groups in total. The lowest BCUT2D eigenvalue weighted by Gasteiger charge is -2.34. The second-order valence-corrected chi connectivity index (χ2v) is 18.7. The van der Waals surface area contributed by atoms with E-state index >= 15 is 0 Å². The molecule has 9 aromatic carbocycles. The summed E-state index contributed by atoms with van der Waals surface area (Å²) in [5.74, 6) is 0. The molecule has 11 rings (SSSR count). The Labute approximate surface area is 333 Å². The summed E-state index contributed by atoms with van der Waals surface area (Å²) in [6, 6.07) is 85.3. The number of para-hydroxylation sites is 2. The van der Waals surface area contributed by atoms with Crippen molar-refractivity contribution < 1.29 is 0 Å². The molecule has 0 unspecified atom stereocenters. The molecule has 0 saturated carbocycles. The van der Waals surface area contributed by atoms with Crippen LogP contribution in [0.5, 0.6) is 0 Å². The van der Waals surface area contributed by atoms with Gasteiger partial charge in [0, 0.05) is 32.9 Å². The van der Waals surface area contributed by atoms with Gasteiger partial charge in [-0.25, -0.2) is 0 Å². The van der Waals surface area contributed by atoms with Gasteiger partial charge in [0.05, 0.1) is 22.1 Å². The second-order valence-electron chi connectivity index (χ2n) is 14.9. The topological polar surface area (TPSA) is 9.86 Å². The summed E-state index contributed by atoms with van der Waals surface area (Å²) >= 11 is 0. The van der Waals surface area contributed by atoms with Crippen molar-refractivity contribution in [3.63, 3.8) is 0 Å². The summed E-state index contributed by atoms with van der Waals surface area (Å²) in [4.78, 5) is 0. The van der Waals surface area contributed by atoms with Crippen LogP contribution < -0.4 is 20.7 Å². The van der Waals surface area contributed by atoms with Crippen LogP contribution in [0.15, 0.2) is 231 Å². The third-order valence-corrected chi connectivity index (χ3v) is 16.6. The molecule has 0 atom stereocenters. The van der Waals surface area contributed by atoms with Crippen LogP contribution in [0, 0.1) is 0 Å². The fourth-order valence-electron chi connectivity index (χ4n) is 9.36. The lowest BCUT2D eigenvalue weighted by Crippen LogP contribution is -2.74. The number of hydrogen-bond donors (Lipinski definition) is 0. The van der Waals surface area contributed by atoms with Gasteiger partial charge in [-0.05, 0) is 74.3 Å². The van der Waals surface area contributed by atoms with Gasteiger partial charge in [-0.3, -0.25) is 0 Å². The van der Waals surface area contributed by atoms with Crippen LogP contribution in [0.2, 0.25) is 0 Å². The van der Waals surface area contributed by atoms with Crippen LogP contribution in [0.25, 0.3) is 66.1 Å². The Kier molecular flexibility index (Phi) is 7.87. The van der Waals surface area contributed by atoms with E-state index in [1.165, 1.54) is 75.5 Å². The summed E-state index contributed by atoms with van der Waals surface area (Å²) in [6.07, 6.45) is 0. The lowest BCUT2D eigenvalue weighted by atomic mass is 10.0. The molecule has 0 amide bonds. The van der Waals surface area contributed by atoms with Crippen molar-refractivity contribution >= 4 is 72.4 Å². The quantitative estimate of drug-likeness (QED) is 0.114. The number of nitrogens with zero attached hydrogens (tertiary/aromatic N) is 2. The van der Waals surface area contributed by atoms with Gasteiger partial charge in [-0.2, -0.15) is 0 Å². The molecule has 0 aliphatic heterocycles. The van der Waals surface area contributed by atoms with Crippen molar-refractivity contribution in [2.45, 2.75) is 0 Å². The molecule has 3 heteroatoms. The standard InChI is InChI=1S/C54H38N2Si/c1-6-18-39(19-7-1)40-30-33-48-50-35-32-46(57(43-22-10-3-11-23-43,44-24-12-4-13-25-44)45-26-14-5-15-27-45)38-54(50)56(52(48)36-40)42-31-34-49-47-28-16-17-29-51(47)55(53(49)37-42)41-20-8-2-9-21-41/h1-38H. The van der Waals surface area contributed by atoms with E-state index in [1.807, 2.05) is 0 Å². The first-order valence-electron chi connectivity index (χ1n) is 19.7. The molecule has 0 saturated heterocycles. The zero-order chi connectivity index (χ0) is 37.8. The largest absolute Gasteiger partial charge is 0.309 e. The van der Waals surface area contributed by atoms with E-state index in [0.717, 1.165) is 11.4 Å². The lowest BCUT2D eigenvalue weighted by molar-refractivity contribution is 1.15. The van der Waals surface area contributed by atoms with Crippen molar-refractivity contribution in [3.8, 4) is 22.5 Å². The highest BCUT2D eigenvalue weighted by Crippen LogP contribution is 2.38. The van der Waals surface area contributed by atoms with Gasteiger partial charge in [0.1, 0.15) is 0 Å². The summed E-state index contributed by atoms with van der Waals surface area (Å²) in [6.45, 7) is 0. The highest BCUT2D eigenvalue weighted by molar-refractivity contribution is 7.20. The molecule has 2 aromatic heterocycles. The van der Waals surface area contributed by atoms with Crippen molar-refractivity contribution in [1.29, 1.82) is 0 Å². The number of aromatic nitrogens is 2. The Bertz CT molecular complexity index is 3110. The minimum absolute atomic E-state index is 1.14. The van der Waals surface area contributed by atoms with Crippen molar-refractivity contribution in [3.05, 3.63) is 231 Å². The molecule has 2 nitrogen and oxygen atoms in total. The first-order chi connectivity index (χ1) is 28.3. The van der Waals surface area contributed by atoms with Crippen LogP contribution >= 0.6 is 0 Å². The number of hydrogen-bond acceptors (Lipinski definition) is 0. The molecule has 268 valence electrons. The van der Waals surface area contributed by atoms with E-state index in [4.69, 9.17) is 0 Å². The molecule has 0 fully saturated rings. The second kappa shape index (κ2) is 13.5. The molecule has 11 aromatic rings. The average molecular weight is 743 g/mol. The zero-order valence-corrected chi connectivity index (χ0v) is 32.3. The first kappa shape index (κ1) is 33.2. The maximum absolute atomic E-state index is 2.79. The normalized spacial score (nSPS) is 11.9. The van der Waals surface area contributed by atoms with Crippen molar-refractivity contribution in [2.24, 2.45) is 0 Å². The number of rotatable bonds is 7. The fourth-order valence-corrected chi connectivity index (χ4v) is 14.1. The third kappa shape index (κ3) is 5.24. The molecule has 0 radical (unpaired) electrons. The van der Waals surface area contributed by atoms with E-state index in [2.05, 4.69) is 240 Å². The van der Waals surface area contributed by atoms with E-state index in [-0.39, 0.29) is 0 Å². The van der Waals surface area contributed by atoms with E-state index in [1.54, 1.807) is 0 Å². The fraction of sp³-hybridized carbons (Fsp3) is 0. The molecule has 2 heterocycles. The third-order valence-electron chi connectivity index (χ3n) is 11.9. The summed E-state index contributed by atoms with van der Waals surface area (Å²) in [7, 11) is -2.79. The maximum atomic E-state index is 2.52. The van der Waals surface area contributed by atoms with Crippen molar-refractivity contribution in [2.75, 3.05) is 0 Å². The van der Waals surface area contributed by atoms with Crippen molar-refractivity contribution in [1.82, 2.24) is 9.13 Å². The maximum Gasteiger partial charge on any atom is 0.179 e. The van der Waals surface area contributed by atoms with E-state index < -0.39 is 8.07 Å². The van der Waals surface area contributed by atoms with Gasteiger partial charge < -0.3 is 9.13 Å². The summed E-state index contributed by atoms with van der Waals surface area (Å²) in [5, 5.41) is 10.4. The zero-order valence-electron chi connectivity index (χ0n) is 31.3. The Hall–Kier alpha value is -7.20. The highest BCUT2D eigenvalue weighted by Gasteiger charge is 2.41. The Morgan fingerprint density at radius 2 is 0.684 bits per heavy atom. The predicted octanol–water partition coefficient (Wildman–Crippen LogP) is 10.9. The molecule has 0 spiro atoms. The van der Waals surface area contributed by atoms with Gasteiger partial charge >= 0.3 is 0 Å². The highest BCUT2D eigenvalue weighted by atomic mass is 28.3. The van der Waals surface area contributed by atoms with Crippen LogP contribution in [-0.2, 0) is 0 Å². The predicted molar refractivity (Wildman–Crippen MR) is 244 cm³/mol. The molecule has 0 bridgehead atoms. The van der Waals surface area contributed by atoms with Gasteiger partial charge in [0.15, 0.2) is 8.07 Å². The Balaban J connectivity index is 1.26. The first-order valence-corrected chi connectivity index (χ1v) is 21.7. The molecule has 0 aliphatic carbocycles. The minimum atomic E-state index is -2.79.